The number of thioether (sulfide) groups is 1. The van der Waals surface area contributed by atoms with Crippen LogP contribution in [0, 0.1) is 0 Å². The van der Waals surface area contributed by atoms with E-state index in [0.29, 0.717) is 6.04 Å². The Labute approximate surface area is 141 Å². The zero-order chi connectivity index (χ0) is 16.2. The first-order valence-electron chi connectivity index (χ1n) is 8.15. The Bertz CT molecular complexity index is 682. The standard InChI is InChI=1S/C18H23N3OS/c1-14-6-3-4-10-21(14)17(22)16-8-5-7-15(12-16)13-23-18-19-9-11-20(18)2/h5,7-9,11-12,14H,3-4,6,10,13H2,1-2H3/t14-/m0/s1. The minimum absolute atomic E-state index is 0.168. The summed E-state index contributed by atoms with van der Waals surface area (Å²) in [4.78, 5) is 19.1. The normalized spacial score (nSPS) is 18.2. The Hall–Kier alpha value is -1.75. The molecule has 23 heavy (non-hydrogen) atoms. The minimum Gasteiger partial charge on any atom is -0.336 e. The van der Waals surface area contributed by atoms with Crippen LogP contribution in [0.4, 0.5) is 0 Å². The van der Waals surface area contributed by atoms with Gasteiger partial charge < -0.3 is 9.47 Å². The van der Waals surface area contributed by atoms with Crippen LogP contribution in [0.2, 0.25) is 0 Å². The third kappa shape index (κ3) is 3.78. The molecule has 3 rings (SSSR count). The van der Waals surface area contributed by atoms with Crippen LogP contribution >= 0.6 is 11.8 Å². The van der Waals surface area contributed by atoms with Crippen LogP contribution in [0.3, 0.4) is 0 Å². The van der Waals surface area contributed by atoms with Gasteiger partial charge in [0.15, 0.2) is 5.16 Å². The number of aromatic nitrogens is 2. The third-order valence-corrected chi connectivity index (χ3v) is 5.51. The molecule has 1 aliphatic heterocycles. The molecule has 2 heterocycles. The summed E-state index contributed by atoms with van der Waals surface area (Å²) >= 11 is 1.69. The summed E-state index contributed by atoms with van der Waals surface area (Å²) in [7, 11) is 1.99. The van der Waals surface area contributed by atoms with Gasteiger partial charge in [-0.05, 0) is 43.9 Å². The van der Waals surface area contributed by atoms with Crippen molar-refractivity contribution in [3.63, 3.8) is 0 Å². The smallest absolute Gasteiger partial charge is 0.254 e. The van der Waals surface area contributed by atoms with Gasteiger partial charge >= 0.3 is 0 Å². The molecular formula is C18H23N3OS. The van der Waals surface area contributed by atoms with Crippen LogP contribution in [0.1, 0.15) is 42.1 Å². The first-order valence-corrected chi connectivity index (χ1v) is 9.14. The topological polar surface area (TPSA) is 38.1 Å². The summed E-state index contributed by atoms with van der Waals surface area (Å²) in [5.41, 5.74) is 1.96. The lowest BCUT2D eigenvalue weighted by molar-refractivity contribution is 0.0635. The molecule has 1 amide bonds. The van der Waals surface area contributed by atoms with Crippen LogP contribution < -0.4 is 0 Å². The second-order valence-electron chi connectivity index (χ2n) is 6.15. The Morgan fingerprint density at radius 1 is 1.39 bits per heavy atom. The number of rotatable bonds is 4. The van der Waals surface area contributed by atoms with Gasteiger partial charge in [0.25, 0.3) is 5.91 Å². The molecule has 1 aromatic heterocycles. The van der Waals surface area contributed by atoms with E-state index < -0.39 is 0 Å². The van der Waals surface area contributed by atoms with Gasteiger partial charge in [0.05, 0.1) is 0 Å². The zero-order valence-electron chi connectivity index (χ0n) is 13.7. The Kier molecular flexibility index (Phi) is 5.06. The summed E-state index contributed by atoms with van der Waals surface area (Å²) in [6.45, 7) is 3.03. The molecule has 0 saturated carbocycles. The Morgan fingerprint density at radius 2 is 2.26 bits per heavy atom. The number of amides is 1. The van der Waals surface area contributed by atoms with Crippen LogP contribution in [0.5, 0.6) is 0 Å². The van der Waals surface area contributed by atoms with E-state index in [4.69, 9.17) is 0 Å². The fraction of sp³-hybridized carbons (Fsp3) is 0.444. The molecule has 5 heteroatoms. The van der Waals surface area contributed by atoms with Crippen LogP contribution in [-0.2, 0) is 12.8 Å². The molecule has 1 fully saturated rings. The quantitative estimate of drug-likeness (QED) is 0.802. The number of piperidine rings is 1. The third-order valence-electron chi connectivity index (χ3n) is 4.38. The number of hydrogen-bond acceptors (Lipinski definition) is 3. The van der Waals surface area contributed by atoms with Gasteiger partial charge in [0, 0.05) is 43.3 Å². The summed E-state index contributed by atoms with van der Waals surface area (Å²) < 4.78 is 2.01. The van der Waals surface area contributed by atoms with Crippen molar-refractivity contribution in [3.8, 4) is 0 Å². The van der Waals surface area contributed by atoms with Gasteiger partial charge in [-0.2, -0.15) is 0 Å². The average Bonchev–Trinajstić information content (AvgIpc) is 2.98. The highest BCUT2D eigenvalue weighted by Crippen LogP contribution is 2.23. The first-order chi connectivity index (χ1) is 11.1. The summed E-state index contributed by atoms with van der Waals surface area (Å²) in [6, 6.07) is 8.36. The SMILES string of the molecule is C[C@H]1CCCCN1C(=O)c1cccc(CSc2nccn2C)c1. The predicted molar refractivity (Wildman–Crippen MR) is 93.6 cm³/mol. The van der Waals surface area contributed by atoms with Gasteiger partial charge in [0.2, 0.25) is 0 Å². The molecule has 1 aromatic carbocycles. The van der Waals surface area contributed by atoms with Crippen molar-refractivity contribution >= 4 is 17.7 Å². The van der Waals surface area contributed by atoms with Crippen molar-refractivity contribution in [1.82, 2.24) is 14.5 Å². The maximum absolute atomic E-state index is 12.8. The van der Waals surface area contributed by atoms with E-state index in [9.17, 15) is 4.79 Å². The van der Waals surface area contributed by atoms with Gasteiger partial charge in [0.1, 0.15) is 0 Å². The van der Waals surface area contributed by atoms with Crippen LogP contribution in [0.25, 0.3) is 0 Å². The largest absolute Gasteiger partial charge is 0.336 e. The maximum Gasteiger partial charge on any atom is 0.254 e. The number of nitrogens with zero attached hydrogens (tertiary/aromatic N) is 3. The summed E-state index contributed by atoms with van der Waals surface area (Å²) in [5.74, 6) is 0.989. The van der Waals surface area contributed by atoms with Crippen molar-refractivity contribution < 1.29 is 4.79 Å². The number of imidazole rings is 1. The van der Waals surface area contributed by atoms with E-state index in [2.05, 4.69) is 18.0 Å². The van der Waals surface area contributed by atoms with E-state index in [1.165, 1.54) is 6.42 Å². The number of carbonyl (C=O) groups excluding carboxylic acids is 1. The molecule has 0 unspecified atom stereocenters. The second kappa shape index (κ2) is 7.21. The molecule has 0 spiro atoms. The van der Waals surface area contributed by atoms with Crippen molar-refractivity contribution in [2.24, 2.45) is 7.05 Å². The predicted octanol–water partition coefficient (Wildman–Crippen LogP) is 3.73. The fourth-order valence-corrected chi connectivity index (χ4v) is 3.87. The van der Waals surface area contributed by atoms with Gasteiger partial charge in [-0.25, -0.2) is 4.98 Å². The number of benzene rings is 1. The highest BCUT2D eigenvalue weighted by molar-refractivity contribution is 7.98. The molecule has 1 atom stereocenters. The van der Waals surface area contributed by atoms with Gasteiger partial charge in [-0.15, -0.1) is 0 Å². The molecule has 0 aliphatic carbocycles. The molecule has 0 N–H and O–H groups in total. The van der Waals surface area contributed by atoms with E-state index in [1.54, 1.807) is 18.0 Å². The number of likely N-dealkylation sites (tertiary alicyclic amines) is 1. The van der Waals surface area contributed by atoms with E-state index >= 15 is 0 Å². The highest BCUT2D eigenvalue weighted by atomic mass is 32.2. The number of carbonyl (C=O) groups is 1. The van der Waals surface area contributed by atoms with Crippen LogP contribution in [0.15, 0.2) is 41.8 Å². The lowest BCUT2D eigenvalue weighted by atomic mass is 10.0. The first kappa shape index (κ1) is 16.1. The van der Waals surface area contributed by atoms with E-state index in [0.717, 1.165) is 41.4 Å². The molecule has 122 valence electrons. The summed E-state index contributed by atoms with van der Waals surface area (Å²) in [6.07, 6.45) is 7.20. The van der Waals surface area contributed by atoms with Crippen molar-refractivity contribution in [1.29, 1.82) is 0 Å². The molecular weight excluding hydrogens is 306 g/mol. The lowest BCUT2D eigenvalue weighted by Gasteiger charge is -2.33. The lowest BCUT2D eigenvalue weighted by Crippen LogP contribution is -2.42. The molecule has 2 aromatic rings. The minimum atomic E-state index is 0.168. The van der Waals surface area contributed by atoms with Crippen molar-refractivity contribution in [2.75, 3.05) is 6.54 Å². The Morgan fingerprint density at radius 3 is 3.00 bits per heavy atom. The van der Waals surface area contributed by atoms with Gasteiger partial charge in [-0.3, -0.25) is 4.79 Å². The molecule has 0 radical (unpaired) electrons. The monoisotopic (exact) mass is 329 g/mol. The van der Waals surface area contributed by atoms with Crippen molar-refractivity contribution in [2.45, 2.75) is 43.1 Å². The highest BCUT2D eigenvalue weighted by Gasteiger charge is 2.24. The summed E-state index contributed by atoms with van der Waals surface area (Å²) in [5, 5.41) is 0.992. The van der Waals surface area contributed by atoms with E-state index in [-0.39, 0.29) is 5.91 Å². The molecule has 0 bridgehead atoms. The maximum atomic E-state index is 12.8. The molecule has 1 saturated heterocycles. The zero-order valence-corrected chi connectivity index (χ0v) is 14.6. The number of hydrogen-bond donors (Lipinski definition) is 0. The fourth-order valence-electron chi connectivity index (χ4n) is 3.00. The Balaban J connectivity index is 1.69. The second-order valence-corrected chi connectivity index (χ2v) is 7.10. The van der Waals surface area contributed by atoms with Gasteiger partial charge in [-0.1, -0.05) is 23.9 Å². The van der Waals surface area contributed by atoms with Crippen LogP contribution in [-0.4, -0.2) is 32.9 Å². The number of aryl methyl sites for hydroxylation is 1. The molecule has 4 nitrogen and oxygen atoms in total. The molecule has 1 aliphatic rings. The van der Waals surface area contributed by atoms with Crippen molar-refractivity contribution in [3.05, 3.63) is 47.8 Å². The average molecular weight is 329 g/mol. The van der Waals surface area contributed by atoms with E-state index in [1.807, 2.05) is 40.9 Å².